The maximum atomic E-state index is 10.8. The van der Waals surface area contributed by atoms with Gasteiger partial charge < -0.3 is 4.74 Å². The van der Waals surface area contributed by atoms with E-state index in [9.17, 15) is 4.79 Å². The van der Waals surface area contributed by atoms with Crippen molar-refractivity contribution in [2.45, 2.75) is 39.0 Å². The number of rotatable bonds is 6. The van der Waals surface area contributed by atoms with Gasteiger partial charge in [-0.2, -0.15) is 3.71 Å². The molecule has 0 rings (SSSR count). The molecular formula is C8H19BaNO2S2. The van der Waals surface area contributed by atoms with E-state index in [4.69, 9.17) is 4.74 Å². The topological polar surface area (TPSA) is 29.5 Å². The zero-order chi connectivity index (χ0) is 10.1. The van der Waals surface area contributed by atoms with E-state index in [1.807, 2.05) is 0 Å². The fraction of sp³-hybridized carbons (Fsp3) is 0.875. The quantitative estimate of drug-likeness (QED) is 0.431. The van der Waals surface area contributed by atoms with Gasteiger partial charge in [-0.1, -0.05) is 32.6 Å². The van der Waals surface area contributed by atoms with Gasteiger partial charge in [0.15, 0.2) is 0 Å². The Labute approximate surface area is 137 Å². The van der Waals surface area contributed by atoms with Crippen molar-refractivity contribution in [2.75, 3.05) is 6.61 Å². The van der Waals surface area contributed by atoms with Gasteiger partial charge in [0, 0.05) is 0 Å². The third-order valence-electron chi connectivity index (χ3n) is 1.64. The summed E-state index contributed by atoms with van der Waals surface area (Å²) >= 11 is 7.35. The van der Waals surface area contributed by atoms with Crippen LogP contribution >= 0.6 is 25.6 Å². The summed E-state index contributed by atoms with van der Waals surface area (Å²) < 4.78 is 5.66. The first-order valence-electron chi connectivity index (χ1n) is 4.53. The first-order valence-corrected chi connectivity index (χ1v) is 5.33. The van der Waals surface area contributed by atoms with E-state index in [0.29, 0.717) is 6.61 Å². The van der Waals surface area contributed by atoms with Crippen LogP contribution in [0.3, 0.4) is 0 Å². The van der Waals surface area contributed by atoms with Crippen molar-refractivity contribution in [2.24, 2.45) is 0 Å². The number of amides is 1. The maximum absolute atomic E-state index is 10.8. The van der Waals surface area contributed by atoms with Crippen molar-refractivity contribution in [1.29, 1.82) is 0 Å². The molecule has 0 aromatic heterocycles. The summed E-state index contributed by atoms with van der Waals surface area (Å²) in [6.45, 7) is 2.62. The first-order chi connectivity index (χ1) is 6.18. The van der Waals surface area contributed by atoms with Gasteiger partial charge >= 0.3 is 55.0 Å². The molecule has 0 spiro atoms. The molecule has 0 aliphatic heterocycles. The average molecular weight is 363 g/mol. The van der Waals surface area contributed by atoms with Gasteiger partial charge in [0.1, 0.15) is 0 Å². The van der Waals surface area contributed by atoms with Crippen LogP contribution in [-0.4, -0.2) is 65.3 Å². The van der Waals surface area contributed by atoms with E-state index in [-0.39, 0.29) is 48.9 Å². The number of carbonyl (C=O) groups is 1. The Balaban J connectivity index is 0. The number of hydrogen-bond donors (Lipinski definition) is 2. The fourth-order valence-electron chi connectivity index (χ4n) is 0.923. The van der Waals surface area contributed by atoms with Gasteiger partial charge in [0.2, 0.25) is 0 Å². The molecule has 0 unspecified atom stereocenters. The second kappa shape index (κ2) is 12.6. The van der Waals surface area contributed by atoms with Gasteiger partial charge in [-0.3, -0.25) is 0 Å². The van der Waals surface area contributed by atoms with Crippen molar-refractivity contribution in [3.63, 3.8) is 0 Å². The van der Waals surface area contributed by atoms with Crippen molar-refractivity contribution >= 4 is 80.6 Å². The first kappa shape index (κ1) is 17.9. The molecule has 0 saturated heterocycles. The van der Waals surface area contributed by atoms with Gasteiger partial charge in [-0.15, -0.1) is 0 Å². The zero-order valence-corrected chi connectivity index (χ0v) is 9.69. The number of unbranched alkanes of at least 4 members (excludes halogenated alkanes) is 4. The molecule has 0 bridgehead atoms. The van der Waals surface area contributed by atoms with Gasteiger partial charge in [0.05, 0.1) is 6.61 Å². The Kier molecular flexibility index (Phi) is 16.1. The van der Waals surface area contributed by atoms with Crippen LogP contribution in [0.25, 0.3) is 0 Å². The Morgan fingerprint density at radius 2 is 1.79 bits per heavy atom. The fourth-order valence-corrected chi connectivity index (χ4v) is 1.04. The predicted molar refractivity (Wildman–Crippen MR) is 68.5 cm³/mol. The van der Waals surface area contributed by atoms with Crippen LogP contribution in [0.4, 0.5) is 4.79 Å². The van der Waals surface area contributed by atoms with E-state index in [0.717, 1.165) is 16.6 Å². The summed E-state index contributed by atoms with van der Waals surface area (Å²) in [5.41, 5.74) is 0. The summed E-state index contributed by atoms with van der Waals surface area (Å²) in [7, 11) is 0. The van der Waals surface area contributed by atoms with Crippen molar-refractivity contribution in [3.8, 4) is 0 Å². The summed E-state index contributed by atoms with van der Waals surface area (Å²) in [6, 6.07) is 0. The zero-order valence-electron chi connectivity index (χ0n) is 7.90. The van der Waals surface area contributed by atoms with Crippen LogP contribution in [0.5, 0.6) is 0 Å². The van der Waals surface area contributed by atoms with Crippen LogP contribution in [-0.2, 0) is 4.74 Å². The standard InChI is InChI=1S/C8H17NO2S2.Ba.2H/c1-2-3-4-5-6-7-11-8(10)9(12)13;;;/h12-13H,2-7H2,1H3;;;. The van der Waals surface area contributed by atoms with E-state index >= 15 is 0 Å². The third kappa shape index (κ3) is 11.6. The Bertz CT molecular complexity index is 147. The molecule has 0 aromatic rings. The van der Waals surface area contributed by atoms with Gasteiger partial charge in [0.25, 0.3) is 0 Å². The molecular weight excluding hydrogens is 344 g/mol. The van der Waals surface area contributed by atoms with Crippen molar-refractivity contribution in [3.05, 3.63) is 0 Å². The van der Waals surface area contributed by atoms with Gasteiger partial charge in [-0.05, 0) is 32.1 Å². The Morgan fingerprint density at radius 3 is 2.29 bits per heavy atom. The molecule has 0 heterocycles. The molecule has 0 saturated carbocycles. The van der Waals surface area contributed by atoms with Crippen molar-refractivity contribution < 1.29 is 9.53 Å². The van der Waals surface area contributed by atoms with E-state index in [1.54, 1.807) is 0 Å². The summed E-state index contributed by atoms with van der Waals surface area (Å²) in [5, 5.41) is 0. The summed E-state index contributed by atoms with van der Waals surface area (Å²) in [6.07, 6.45) is 5.20. The summed E-state index contributed by atoms with van der Waals surface area (Å²) in [5.74, 6) is 0. The molecule has 0 N–H and O–H groups in total. The predicted octanol–water partition coefficient (Wildman–Crippen LogP) is 2.17. The van der Waals surface area contributed by atoms with Crippen LogP contribution in [0.1, 0.15) is 39.0 Å². The average Bonchev–Trinajstić information content (AvgIpc) is 2.10. The molecule has 0 aliphatic carbocycles. The molecule has 14 heavy (non-hydrogen) atoms. The Hall–Kier alpha value is 1.54. The number of hydrogen-bond acceptors (Lipinski definition) is 4. The van der Waals surface area contributed by atoms with Crippen molar-refractivity contribution in [1.82, 2.24) is 3.71 Å². The minimum absolute atomic E-state index is 0. The molecule has 3 nitrogen and oxygen atoms in total. The molecule has 82 valence electrons. The molecule has 0 aliphatic rings. The number of carbonyl (C=O) groups excluding carboxylic acids is 1. The van der Waals surface area contributed by atoms with Crippen LogP contribution in [0.2, 0.25) is 0 Å². The van der Waals surface area contributed by atoms with Crippen LogP contribution in [0.15, 0.2) is 0 Å². The van der Waals surface area contributed by atoms with E-state index in [1.165, 1.54) is 19.3 Å². The van der Waals surface area contributed by atoms with Gasteiger partial charge in [-0.25, -0.2) is 4.79 Å². The van der Waals surface area contributed by atoms with Crippen LogP contribution in [0, 0.1) is 0 Å². The molecule has 0 aromatic carbocycles. The monoisotopic (exact) mass is 363 g/mol. The number of ether oxygens (including phenoxy) is 1. The SMILES string of the molecule is CCCCCCCOC(=O)N(S)S.[BaH2]. The molecule has 0 radical (unpaired) electrons. The second-order valence-electron chi connectivity index (χ2n) is 2.82. The van der Waals surface area contributed by atoms with Crippen LogP contribution < -0.4 is 0 Å². The third-order valence-corrected chi connectivity index (χ3v) is 1.96. The minimum atomic E-state index is -0.512. The molecule has 6 heteroatoms. The number of thiol groups is 2. The number of nitrogens with zero attached hydrogens (tertiary/aromatic N) is 1. The Morgan fingerprint density at radius 1 is 1.21 bits per heavy atom. The normalized spacial score (nSPS) is 9.07. The summed E-state index contributed by atoms with van der Waals surface area (Å²) in [4.78, 5) is 10.8. The van der Waals surface area contributed by atoms with E-state index in [2.05, 4.69) is 32.6 Å². The van der Waals surface area contributed by atoms with E-state index < -0.39 is 6.09 Å². The molecule has 0 fully saturated rings. The molecule has 0 atom stereocenters. The second-order valence-corrected chi connectivity index (χ2v) is 3.93. The molecule has 1 amide bonds.